The first-order valence-electron chi connectivity index (χ1n) is 9.76. The molecule has 0 bridgehead atoms. The minimum Gasteiger partial charge on any atom is -0.489 e. The van der Waals surface area contributed by atoms with Gasteiger partial charge in [-0.2, -0.15) is 0 Å². The van der Waals surface area contributed by atoms with Gasteiger partial charge < -0.3 is 9.47 Å². The van der Waals surface area contributed by atoms with E-state index in [9.17, 15) is 4.79 Å². The summed E-state index contributed by atoms with van der Waals surface area (Å²) in [7, 11) is 0. The highest BCUT2D eigenvalue weighted by Crippen LogP contribution is 2.39. The monoisotopic (exact) mass is 372 g/mol. The molecule has 0 amide bonds. The molecule has 0 saturated carbocycles. The molecule has 0 heterocycles. The molecular formula is C25H24O3. The molecule has 0 spiro atoms. The van der Waals surface area contributed by atoms with E-state index in [-0.39, 0.29) is 5.97 Å². The van der Waals surface area contributed by atoms with Gasteiger partial charge in [0.25, 0.3) is 0 Å². The average Bonchev–Trinajstić information content (AvgIpc) is 3.01. The van der Waals surface area contributed by atoms with Crippen LogP contribution in [0.25, 0.3) is 16.3 Å². The third kappa shape index (κ3) is 3.79. The predicted octanol–water partition coefficient (Wildman–Crippen LogP) is 5.56. The predicted molar refractivity (Wildman–Crippen MR) is 112 cm³/mol. The minimum atomic E-state index is -0.278. The summed E-state index contributed by atoms with van der Waals surface area (Å²) in [5.74, 6) is 0.839. The van der Waals surface area contributed by atoms with Gasteiger partial charge in [-0.3, -0.25) is 0 Å². The molecular weight excluding hydrogens is 348 g/mol. The molecule has 4 rings (SSSR count). The third-order valence-electron chi connectivity index (χ3n) is 5.23. The molecule has 1 aliphatic carbocycles. The Morgan fingerprint density at radius 1 is 1.07 bits per heavy atom. The van der Waals surface area contributed by atoms with E-state index in [2.05, 4.69) is 43.3 Å². The fourth-order valence-corrected chi connectivity index (χ4v) is 3.82. The highest BCUT2D eigenvalue weighted by atomic mass is 16.5. The van der Waals surface area contributed by atoms with Crippen LogP contribution in [-0.4, -0.2) is 12.6 Å². The molecule has 0 N–H and O–H groups in total. The molecule has 0 radical (unpaired) electrons. The molecule has 0 aromatic heterocycles. The van der Waals surface area contributed by atoms with Crippen molar-refractivity contribution in [2.45, 2.75) is 26.9 Å². The first-order valence-corrected chi connectivity index (χ1v) is 9.76. The number of allylic oxidation sites excluding steroid dienone is 1. The second-order valence-electron chi connectivity index (χ2n) is 7.25. The van der Waals surface area contributed by atoms with E-state index in [1.54, 1.807) is 6.08 Å². The van der Waals surface area contributed by atoms with Crippen molar-refractivity contribution in [1.29, 1.82) is 0 Å². The second-order valence-corrected chi connectivity index (χ2v) is 7.25. The maximum atomic E-state index is 11.9. The Bertz CT molecular complexity index is 1050. The lowest BCUT2D eigenvalue weighted by atomic mass is 10.0. The summed E-state index contributed by atoms with van der Waals surface area (Å²) in [6.45, 7) is 4.86. The summed E-state index contributed by atoms with van der Waals surface area (Å²) in [6, 6.07) is 20.9. The number of fused-ring (bicyclic) bond motifs is 2. The smallest absolute Gasteiger partial charge is 0.331 e. The molecule has 28 heavy (non-hydrogen) atoms. The van der Waals surface area contributed by atoms with Crippen LogP contribution in [0.3, 0.4) is 0 Å². The van der Waals surface area contributed by atoms with Gasteiger partial charge >= 0.3 is 5.97 Å². The van der Waals surface area contributed by atoms with E-state index >= 15 is 0 Å². The number of carbonyl (C=O) groups excluding carboxylic acids is 1. The number of benzene rings is 3. The van der Waals surface area contributed by atoms with Crippen molar-refractivity contribution in [2.75, 3.05) is 6.61 Å². The first kappa shape index (κ1) is 18.3. The molecule has 3 aromatic rings. The van der Waals surface area contributed by atoms with Crippen molar-refractivity contribution in [1.82, 2.24) is 0 Å². The van der Waals surface area contributed by atoms with Gasteiger partial charge in [0.05, 0.1) is 6.61 Å². The maximum absolute atomic E-state index is 11.9. The summed E-state index contributed by atoms with van der Waals surface area (Å²) in [6.07, 6.45) is 2.57. The SMILES string of the molecule is CCOC(=O)C=C1c2cc(OCc3ccc4ccccc4c3)ccc2CC1C. The Hall–Kier alpha value is -3.07. The summed E-state index contributed by atoms with van der Waals surface area (Å²) in [4.78, 5) is 11.9. The molecule has 0 aliphatic heterocycles. The Morgan fingerprint density at radius 3 is 2.71 bits per heavy atom. The number of carbonyl (C=O) groups is 1. The largest absolute Gasteiger partial charge is 0.489 e. The van der Waals surface area contributed by atoms with Crippen LogP contribution in [-0.2, 0) is 22.6 Å². The summed E-state index contributed by atoms with van der Waals surface area (Å²) < 4.78 is 11.2. The highest BCUT2D eigenvalue weighted by Gasteiger charge is 2.25. The van der Waals surface area contributed by atoms with Crippen LogP contribution in [0.15, 0.2) is 66.7 Å². The summed E-state index contributed by atoms with van der Waals surface area (Å²) in [5, 5.41) is 2.44. The molecule has 3 aromatic carbocycles. The Labute approximate surface area is 165 Å². The van der Waals surface area contributed by atoms with Gasteiger partial charge in [-0.05, 0) is 70.5 Å². The van der Waals surface area contributed by atoms with Crippen LogP contribution in [0.1, 0.15) is 30.5 Å². The quantitative estimate of drug-likeness (QED) is 0.435. The van der Waals surface area contributed by atoms with Crippen LogP contribution in [0.4, 0.5) is 0 Å². The zero-order valence-corrected chi connectivity index (χ0v) is 16.3. The molecule has 0 fully saturated rings. The number of esters is 1. The lowest BCUT2D eigenvalue weighted by Crippen LogP contribution is -2.02. The average molecular weight is 372 g/mol. The van der Waals surface area contributed by atoms with Crippen LogP contribution >= 0.6 is 0 Å². The van der Waals surface area contributed by atoms with E-state index in [1.165, 1.54) is 16.3 Å². The van der Waals surface area contributed by atoms with Gasteiger partial charge in [-0.15, -0.1) is 0 Å². The fraction of sp³-hybridized carbons (Fsp3) is 0.240. The van der Waals surface area contributed by atoms with Crippen molar-refractivity contribution >= 4 is 22.3 Å². The van der Waals surface area contributed by atoms with Crippen LogP contribution < -0.4 is 4.74 Å². The maximum Gasteiger partial charge on any atom is 0.331 e. The van der Waals surface area contributed by atoms with Crippen molar-refractivity contribution in [3.8, 4) is 5.75 Å². The van der Waals surface area contributed by atoms with E-state index < -0.39 is 0 Å². The highest BCUT2D eigenvalue weighted by molar-refractivity contribution is 5.93. The number of hydrogen-bond acceptors (Lipinski definition) is 3. The van der Waals surface area contributed by atoms with E-state index in [0.29, 0.717) is 19.1 Å². The summed E-state index contributed by atoms with van der Waals surface area (Å²) in [5.41, 5.74) is 4.51. The normalized spacial score (nSPS) is 16.9. The molecule has 1 aliphatic rings. The number of ether oxygens (including phenoxy) is 2. The zero-order valence-electron chi connectivity index (χ0n) is 16.3. The molecule has 0 saturated heterocycles. The van der Waals surface area contributed by atoms with Crippen molar-refractivity contribution in [3.05, 3.63) is 83.4 Å². The Morgan fingerprint density at radius 2 is 1.89 bits per heavy atom. The third-order valence-corrected chi connectivity index (χ3v) is 5.23. The number of rotatable bonds is 5. The Kier molecular flexibility index (Phi) is 5.16. The molecule has 3 nitrogen and oxygen atoms in total. The van der Waals surface area contributed by atoms with Crippen LogP contribution in [0.2, 0.25) is 0 Å². The minimum absolute atomic E-state index is 0.278. The molecule has 142 valence electrons. The topological polar surface area (TPSA) is 35.5 Å². The van der Waals surface area contributed by atoms with E-state index in [4.69, 9.17) is 9.47 Å². The van der Waals surface area contributed by atoms with Crippen LogP contribution in [0, 0.1) is 5.92 Å². The second kappa shape index (κ2) is 7.89. The lowest BCUT2D eigenvalue weighted by Gasteiger charge is -2.10. The van der Waals surface area contributed by atoms with Gasteiger partial charge in [0.2, 0.25) is 0 Å². The van der Waals surface area contributed by atoms with Gasteiger partial charge in [0, 0.05) is 6.08 Å². The van der Waals surface area contributed by atoms with E-state index in [0.717, 1.165) is 28.9 Å². The van der Waals surface area contributed by atoms with E-state index in [1.807, 2.05) is 31.2 Å². The van der Waals surface area contributed by atoms with Gasteiger partial charge in [0.15, 0.2) is 0 Å². The molecule has 3 heteroatoms. The van der Waals surface area contributed by atoms with Gasteiger partial charge in [0.1, 0.15) is 12.4 Å². The summed E-state index contributed by atoms with van der Waals surface area (Å²) >= 11 is 0. The zero-order chi connectivity index (χ0) is 19.5. The Balaban J connectivity index is 1.53. The first-order chi connectivity index (χ1) is 13.6. The van der Waals surface area contributed by atoms with Crippen molar-refractivity contribution in [3.63, 3.8) is 0 Å². The fourth-order valence-electron chi connectivity index (χ4n) is 3.82. The van der Waals surface area contributed by atoms with Crippen molar-refractivity contribution < 1.29 is 14.3 Å². The number of hydrogen-bond donors (Lipinski definition) is 0. The molecule has 1 unspecified atom stereocenters. The van der Waals surface area contributed by atoms with Crippen molar-refractivity contribution in [2.24, 2.45) is 5.92 Å². The van der Waals surface area contributed by atoms with Gasteiger partial charge in [-0.25, -0.2) is 4.79 Å². The lowest BCUT2D eigenvalue weighted by molar-refractivity contribution is -0.137. The molecule has 1 atom stereocenters. The van der Waals surface area contributed by atoms with Gasteiger partial charge in [-0.1, -0.05) is 49.4 Å². The van der Waals surface area contributed by atoms with Crippen LogP contribution in [0.5, 0.6) is 5.75 Å². The standard InChI is InChI=1S/C25H24O3/c1-3-27-25(26)15-23-17(2)12-21-10-11-22(14-24(21)23)28-16-18-8-9-19-6-4-5-7-20(19)13-18/h4-11,13-15,17H,3,12,16H2,1-2H3.